The van der Waals surface area contributed by atoms with Crippen molar-refractivity contribution in [1.82, 2.24) is 0 Å². The molecule has 1 fully saturated rings. The summed E-state index contributed by atoms with van der Waals surface area (Å²) in [4.78, 5) is 23.7. The average molecular weight is 302 g/mol. The second-order valence-electron chi connectivity index (χ2n) is 6.77. The third kappa shape index (κ3) is 3.76. The highest BCUT2D eigenvalue weighted by molar-refractivity contribution is 5.97. The van der Waals surface area contributed by atoms with E-state index in [0.717, 1.165) is 19.3 Å². The maximum absolute atomic E-state index is 12.0. The van der Waals surface area contributed by atoms with Gasteiger partial charge in [0.05, 0.1) is 11.8 Å². The minimum absolute atomic E-state index is 0.108. The molecule has 1 aliphatic carbocycles. The van der Waals surface area contributed by atoms with Crippen LogP contribution in [0, 0.1) is 17.8 Å². The summed E-state index contributed by atoms with van der Waals surface area (Å²) in [6.07, 6.45) is 10.1. The van der Waals surface area contributed by atoms with Crippen LogP contribution in [0.25, 0.3) is 0 Å². The summed E-state index contributed by atoms with van der Waals surface area (Å²) in [5, 5.41) is 0. The SMILES string of the molecule is CC(C)=CCCC(C)=CCC1C(C)=CCC2C(=O)OC(=O)C21. The van der Waals surface area contributed by atoms with Crippen LogP contribution in [-0.4, -0.2) is 11.9 Å². The molecular weight excluding hydrogens is 276 g/mol. The molecule has 1 heterocycles. The first-order valence-corrected chi connectivity index (χ1v) is 8.11. The summed E-state index contributed by atoms with van der Waals surface area (Å²) in [5.74, 6) is -1.10. The Balaban J connectivity index is 2.02. The van der Waals surface area contributed by atoms with Crippen LogP contribution < -0.4 is 0 Å². The zero-order chi connectivity index (χ0) is 16.3. The van der Waals surface area contributed by atoms with E-state index in [-0.39, 0.29) is 29.7 Å². The lowest BCUT2D eigenvalue weighted by molar-refractivity contribution is -0.154. The number of ether oxygens (including phenoxy) is 1. The highest BCUT2D eigenvalue weighted by Crippen LogP contribution is 2.42. The molecule has 22 heavy (non-hydrogen) atoms. The summed E-state index contributed by atoms with van der Waals surface area (Å²) in [7, 11) is 0. The summed E-state index contributed by atoms with van der Waals surface area (Å²) < 4.78 is 4.85. The van der Waals surface area contributed by atoms with E-state index in [9.17, 15) is 9.59 Å². The van der Waals surface area contributed by atoms with Crippen LogP contribution in [0.1, 0.15) is 53.4 Å². The zero-order valence-corrected chi connectivity index (χ0v) is 14.0. The van der Waals surface area contributed by atoms with Gasteiger partial charge in [-0.05, 0) is 59.3 Å². The Morgan fingerprint density at radius 2 is 1.95 bits per heavy atom. The molecule has 0 bridgehead atoms. The van der Waals surface area contributed by atoms with Crippen LogP contribution in [0.5, 0.6) is 0 Å². The number of cyclic esters (lactones) is 2. The van der Waals surface area contributed by atoms with Gasteiger partial charge in [-0.25, -0.2) is 0 Å². The Hall–Kier alpha value is -1.64. The Morgan fingerprint density at radius 1 is 1.23 bits per heavy atom. The minimum atomic E-state index is -0.340. The van der Waals surface area contributed by atoms with E-state index in [2.05, 4.69) is 45.9 Å². The second kappa shape index (κ2) is 7.08. The summed E-state index contributed by atoms with van der Waals surface area (Å²) in [5.41, 5.74) is 3.89. The molecule has 1 saturated heterocycles. The summed E-state index contributed by atoms with van der Waals surface area (Å²) >= 11 is 0. The van der Waals surface area contributed by atoms with Crippen LogP contribution in [0.15, 0.2) is 34.9 Å². The molecule has 3 atom stereocenters. The predicted octanol–water partition coefficient (Wildman–Crippen LogP) is 4.35. The van der Waals surface area contributed by atoms with Gasteiger partial charge in [0.25, 0.3) is 0 Å². The van der Waals surface area contributed by atoms with Gasteiger partial charge in [-0.2, -0.15) is 0 Å². The highest BCUT2D eigenvalue weighted by Gasteiger charge is 2.49. The molecule has 3 nitrogen and oxygen atoms in total. The number of hydrogen-bond donors (Lipinski definition) is 0. The zero-order valence-electron chi connectivity index (χ0n) is 14.0. The van der Waals surface area contributed by atoms with Gasteiger partial charge >= 0.3 is 11.9 Å². The van der Waals surface area contributed by atoms with Crippen LogP contribution in [0.2, 0.25) is 0 Å². The Labute approximate surface area is 133 Å². The number of carbonyl (C=O) groups is 2. The highest BCUT2D eigenvalue weighted by atomic mass is 16.6. The molecule has 120 valence electrons. The number of esters is 2. The van der Waals surface area contributed by atoms with Crippen molar-refractivity contribution in [3.63, 3.8) is 0 Å². The monoisotopic (exact) mass is 302 g/mol. The molecule has 1 aliphatic heterocycles. The van der Waals surface area contributed by atoms with E-state index in [4.69, 9.17) is 4.74 Å². The Kier molecular flexibility index (Phi) is 5.38. The third-order valence-electron chi connectivity index (χ3n) is 4.73. The van der Waals surface area contributed by atoms with Gasteiger partial charge in [-0.15, -0.1) is 0 Å². The Morgan fingerprint density at radius 3 is 2.64 bits per heavy atom. The maximum atomic E-state index is 12.0. The van der Waals surface area contributed by atoms with Crippen LogP contribution in [-0.2, 0) is 14.3 Å². The molecule has 0 radical (unpaired) electrons. The van der Waals surface area contributed by atoms with Crippen molar-refractivity contribution in [1.29, 1.82) is 0 Å². The quantitative estimate of drug-likeness (QED) is 0.431. The van der Waals surface area contributed by atoms with Crippen LogP contribution in [0.3, 0.4) is 0 Å². The van der Waals surface area contributed by atoms with Gasteiger partial charge in [-0.3, -0.25) is 9.59 Å². The molecule has 2 aliphatic rings. The average Bonchev–Trinajstić information content (AvgIpc) is 2.72. The number of rotatable bonds is 5. The standard InChI is InChI=1S/C19H26O3/c1-12(2)6-5-7-13(3)8-10-15-14(4)9-11-16-17(15)19(21)22-18(16)20/h6,8-9,15-17H,5,7,10-11H2,1-4H3. The van der Waals surface area contributed by atoms with Gasteiger partial charge in [0.15, 0.2) is 0 Å². The van der Waals surface area contributed by atoms with Crippen molar-refractivity contribution in [3.05, 3.63) is 34.9 Å². The fourth-order valence-electron chi connectivity index (χ4n) is 3.34. The van der Waals surface area contributed by atoms with Crippen molar-refractivity contribution in [3.8, 4) is 0 Å². The van der Waals surface area contributed by atoms with Gasteiger partial charge in [0.1, 0.15) is 0 Å². The van der Waals surface area contributed by atoms with Crippen molar-refractivity contribution in [2.45, 2.75) is 53.4 Å². The predicted molar refractivity (Wildman–Crippen MR) is 87.0 cm³/mol. The fraction of sp³-hybridized carbons (Fsp3) is 0.579. The van der Waals surface area contributed by atoms with E-state index >= 15 is 0 Å². The number of carbonyl (C=O) groups excluding carboxylic acids is 2. The minimum Gasteiger partial charge on any atom is -0.393 e. The number of allylic oxidation sites excluding steroid dienone is 6. The molecule has 0 aromatic heterocycles. The molecule has 0 N–H and O–H groups in total. The first-order valence-electron chi connectivity index (χ1n) is 8.11. The normalized spacial score (nSPS) is 28.1. The van der Waals surface area contributed by atoms with E-state index in [1.54, 1.807) is 0 Å². The molecule has 0 spiro atoms. The summed E-state index contributed by atoms with van der Waals surface area (Å²) in [6.45, 7) is 8.41. The fourth-order valence-corrected chi connectivity index (χ4v) is 3.34. The largest absolute Gasteiger partial charge is 0.393 e. The number of fused-ring (bicyclic) bond motifs is 1. The molecular formula is C19H26O3. The van der Waals surface area contributed by atoms with Crippen molar-refractivity contribution in [2.24, 2.45) is 17.8 Å². The molecule has 0 saturated carbocycles. The maximum Gasteiger partial charge on any atom is 0.318 e. The third-order valence-corrected chi connectivity index (χ3v) is 4.73. The van der Waals surface area contributed by atoms with Gasteiger partial charge in [0.2, 0.25) is 0 Å². The molecule has 0 aromatic rings. The van der Waals surface area contributed by atoms with E-state index in [0.29, 0.717) is 6.42 Å². The molecule has 3 unspecified atom stereocenters. The van der Waals surface area contributed by atoms with Crippen LogP contribution in [0.4, 0.5) is 0 Å². The summed E-state index contributed by atoms with van der Waals surface area (Å²) in [6, 6.07) is 0. The molecule has 3 heteroatoms. The topological polar surface area (TPSA) is 43.4 Å². The van der Waals surface area contributed by atoms with Crippen molar-refractivity contribution in [2.75, 3.05) is 0 Å². The van der Waals surface area contributed by atoms with E-state index in [1.165, 1.54) is 16.7 Å². The smallest absolute Gasteiger partial charge is 0.318 e. The van der Waals surface area contributed by atoms with Crippen LogP contribution >= 0.6 is 0 Å². The van der Waals surface area contributed by atoms with E-state index < -0.39 is 0 Å². The lowest BCUT2D eigenvalue weighted by Gasteiger charge is -2.28. The molecule has 0 aromatic carbocycles. The second-order valence-corrected chi connectivity index (χ2v) is 6.77. The van der Waals surface area contributed by atoms with E-state index in [1.807, 2.05) is 0 Å². The Bertz CT molecular complexity index is 547. The van der Waals surface area contributed by atoms with Gasteiger partial charge < -0.3 is 4.74 Å². The van der Waals surface area contributed by atoms with Gasteiger partial charge in [0, 0.05) is 0 Å². The van der Waals surface area contributed by atoms with Gasteiger partial charge in [-0.1, -0.05) is 34.9 Å². The molecule has 0 amide bonds. The number of hydrogen-bond acceptors (Lipinski definition) is 3. The first-order chi connectivity index (χ1) is 10.4. The van der Waals surface area contributed by atoms with Crippen molar-refractivity contribution >= 4 is 11.9 Å². The molecule has 2 rings (SSSR count). The van der Waals surface area contributed by atoms with Crippen molar-refractivity contribution < 1.29 is 14.3 Å². The lowest BCUT2D eigenvalue weighted by atomic mass is 9.72. The lowest BCUT2D eigenvalue weighted by Crippen LogP contribution is -2.30. The first kappa shape index (κ1) is 16.7.